The van der Waals surface area contributed by atoms with E-state index in [1.165, 1.54) is 0 Å². The topological polar surface area (TPSA) is 98.2 Å². The van der Waals surface area contributed by atoms with E-state index in [0.717, 1.165) is 19.3 Å². The lowest BCUT2D eigenvalue weighted by Gasteiger charge is -2.17. The molecule has 1 rings (SSSR count). The van der Waals surface area contributed by atoms with Crippen molar-refractivity contribution in [2.45, 2.75) is 25.3 Å². The summed E-state index contributed by atoms with van der Waals surface area (Å²) in [7, 11) is 0. The van der Waals surface area contributed by atoms with E-state index in [-0.39, 0.29) is 30.3 Å². The summed E-state index contributed by atoms with van der Waals surface area (Å²) in [4.78, 5) is 21.9. The Morgan fingerprint density at radius 3 is 2.62 bits per heavy atom. The summed E-state index contributed by atoms with van der Waals surface area (Å²) in [5, 5.41) is 2.70. The smallest absolute Gasteiger partial charge is 0.233 e. The Bertz CT molecular complexity index is 217. The molecule has 5 heteroatoms. The summed E-state index contributed by atoms with van der Waals surface area (Å²) in [6, 6.07) is -0.103. The van der Waals surface area contributed by atoms with Crippen LogP contribution in [0.1, 0.15) is 19.3 Å². The molecule has 0 aromatic carbocycles. The Kier molecular flexibility index (Phi) is 3.25. The molecule has 2 unspecified atom stereocenters. The Balaban J connectivity index is 2.48. The zero-order valence-corrected chi connectivity index (χ0v) is 7.45. The summed E-state index contributed by atoms with van der Waals surface area (Å²) in [5.41, 5.74) is 10.3. The van der Waals surface area contributed by atoms with Gasteiger partial charge in [0.25, 0.3) is 0 Å². The van der Waals surface area contributed by atoms with Crippen LogP contribution in [0.15, 0.2) is 0 Å². The van der Waals surface area contributed by atoms with E-state index in [1.807, 2.05) is 0 Å². The van der Waals surface area contributed by atoms with Crippen LogP contribution >= 0.6 is 0 Å². The van der Waals surface area contributed by atoms with Crippen LogP contribution in [0.25, 0.3) is 0 Å². The second kappa shape index (κ2) is 4.23. The Morgan fingerprint density at radius 1 is 1.38 bits per heavy atom. The fraction of sp³-hybridized carbons (Fsp3) is 0.750. The first-order valence-corrected chi connectivity index (χ1v) is 4.44. The molecular weight excluding hydrogens is 170 g/mol. The molecular formula is C8H15N3O2. The zero-order valence-electron chi connectivity index (χ0n) is 7.45. The van der Waals surface area contributed by atoms with Crippen molar-refractivity contribution in [1.82, 2.24) is 5.32 Å². The molecule has 0 spiro atoms. The van der Waals surface area contributed by atoms with Crippen molar-refractivity contribution in [3.63, 3.8) is 0 Å². The Hall–Kier alpha value is -1.10. The van der Waals surface area contributed by atoms with Gasteiger partial charge in [0.15, 0.2) is 0 Å². The van der Waals surface area contributed by atoms with Crippen LogP contribution in [0.3, 0.4) is 0 Å². The number of hydrogen-bond donors (Lipinski definition) is 3. The van der Waals surface area contributed by atoms with Gasteiger partial charge in [-0.25, -0.2) is 0 Å². The maximum absolute atomic E-state index is 10.9. The molecule has 0 bridgehead atoms. The number of carbonyl (C=O) groups excluding carboxylic acids is 2. The average molecular weight is 185 g/mol. The van der Waals surface area contributed by atoms with Crippen LogP contribution in [0.4, 0.5) is 0 Å². The monoisotopic (exact) mass is 185 g/mol. The van der Waals surface area contributed by atoms with Gasteiger partial charge in [-0.15, -0.1) is 0 Å². The molecule has 5 nitrogen and oxygen atoms in total. The second-order valence-corrected chi connectivity index (χ2v) is 3.32. The quantitative estimate of drug-likeness (QED) is 0.510. The number of carbonyl (C=O) groups is 2. The minimum absolute atomic E-state index is 0.0397. The van der Waals surface area contributed by atoms with Crippen molar-refractivity contribution in [2.75, 3.05) is 6.54 Å². The second-order valence-electron chi connectivity index (χ2n) is 3.32. The molecule has 0 radical (unpaired) electrons. The molecule has 0 aliphatic heterocycles. The van der Waals surface area contributed by atoms with Gasteiger partial charge in [0.05, 0.1) is 12.5 Å². The summed E-state index contributed by atoms with van der Waals surface area (Å²) in [6.45, 7) is -0.0397. The molecule has 1 saturated carbocycles. The number of nitrogens with two attached hydrogens (primary N) is 2. The molecule has 0 aromatic heterocycles. The van der Waals surface area contributed by atoms with Crippen molar-refractivity contribution in [3.05, 3.63) is 0 Å². The third-order valence-electron chi connectivity index (χ3n) is 2.41. The lowest BCUT2D eigenvalue weighted by molar-refractivity contribution is -0.123. The maximum Gasteiger partial charge on any atom is 0.233 e. The summed E-state index contributed by atoms with van der Waals surface area (Å²) < 4.78 is 0. The van der Waals surface area contributed by atoms with Gasteiger partial charge in [-0.3, -0.25) is 9.59 Å². The molecule has 5 N–H and O–H groups in total. The summed E-state index contributed by atoms with van der Waals surface area (Å²) >= 11 is 0. The highest BCUT2D eigenvalue weighted by molar-refractivity contribution is 5.81. The van der Waals surface area contributed by atoms with Crippen molar-refractivity contribution < 1.29 is 9.59 Å². The zero-order chi connectivity index (χ0) is 9.84. The highest BCUT2D eigenvalue weighted by atomic mass is 16.2. The van der Waals surface area contributed by atoms with Crippen molar-refractivity contribution in [2.24, 2.45) is 17.4 Å². The largest absolute Gasteiger partial charge is 0.369 e. The number of hydrogen-bond acceptors (Lipinski definition) is 3. The lowest BCUT2D eigenvalue weighted by Crippen LogP contribution is -2.44. The minimum atomic E-state index is -0.333. The molecule has 2 atom stereocenters. The first kappa shape index (κ1) is 9.98. The number of rotatable bonds is 3. The minimum Gasteiger partial charge on any atom is -0.369 e. The van der Waals surface area contributed by atoms with Crippen molar-refractivity contribution in [1.29, 1.82) is 0 Å². The highest BCUT2D eigenvalue weighted by Gasteiger charge is 2.32. The van der Waals surface area contributed by atoms with E-state index in [2.05, 4.69) is 5.32 Å². The van der Waals surface area contributed by atoms with Gasteiger partial charge in [0.1, 0.15) is 0 Å². The Morgan fingerprint density at radius 2 is 2.08 bits per heavy atom. The third-order valence-corrected chi connectivity index (χ3v) is 2.41. The van der Waals surface area contributed by atoms with Gasteiger partial charge in [0.2, 0.25) is 11.8 Å². The van der Waals surface area contributed by atoms with E-state index in [9.17, 15) is 9.59 Å². The molecule has 1 fully saturated rings. The first-order valence-electron chi connectivity index (χ1n) is 4.44. The molecule has 13 heavy (non-hydrogen) atoms. The molecule has 1 aliphatic carbocycles. The number of primary amides is 1. The van der Waals surface area contributed by atoms with Crippen LogP contribution in [0, 0.1) is 5.92 Å². The Labute approximate surface area is 76.8 Å². The number of nitrogens with one attached hydrogen (secondary N) is 1. The van der Waals surface area contributed by atoms with Crippen LogP contribution in [0.5, 0.6) is 0 Å². The van der Waals surface area contributed by atoms with Crippen LogP contribution in [0.2, 0.25) is 0 Å². The molecule has 2 amide bonds. The standard InChI is InChI=1S/C8H15N3O2/c9-4-7(12)11-6-3-1-2-5(6)8(10)13/h5-6H,1-4,9H2,(H2,10,13)(H,11,12). The van der Waals surface area contributed by atoms with Gasteiger partial charge in [-0.05, 0) is 12.8 Å². The predicted octanol–water partition coefficient (Wildman–Crippen LogP) is -1.28. The SMILES string of the molecule is NCC(=O)NC1CCCC1C(N)=O. The van der Waals surface area contributed by atoms with E-state index >= 15 is 0 Å². The van der Waals surface area contributed by atoms with Gasteiger partial charge in [-0.1, -0.05) is 6.42 Å². The van der Waals surface area contributed by atoms with Crippen LogP contribution < -0.4 is 16.8 Å². The summed E-state index contributed by atoms with van der Waals surface area (Å²) in [6.07, 6.45) is 2.52. The molecule has 1 aliphatic rings. The van der Waals surface area contributed by atoms with Crippen molar-refractivity contribution in [3.8, 4) is 0 Å². The normalized spacial score (nSPS) is 27.2. The molecule has 0 heterocycles. The highest BCUT2D eigenvalue weighted by Crippen LogP contribution is 2.24. The fourth-order valence-electron chi connectivity index (χ4n) is 1.74. The van der Waals surface area contributed by atoms with Gasteiger partial charge < -0.3 is 16.8 Å². The van der Waals surface area contributed by atoms with Gasteiger partial charge in [0, 0.05) is 6.04 Å². The van der Waals surface area contributed by atoms with E-state index < -0.39 is 0 Å². The van der Waals surface area contributed by atoms with E-state index in [0.29, 0.717) is 0 Å². The summed E-state index contributed by atoms with van der Waals surface area (Å²) in [5.74, 6) is -0.770. The molecule has 0 saturated heterocycles. The van der Waals surface area contributed by atoms with Gasteiger partial charge >= 0.3 is 0 Å². The van der Waals surface area contributed by atoms with Crippen molar-refractivity contribution >= 4 is 11.8 Å². The average Bonchev–Trinajstić information content (AvgIpc) is 2.52. The predicted molar refractivity (Wildman–Crippen MR) is 47.5 cm³/mol. The van der Waals surface area contributed by atoms with Crippen LogP contribution in [-0.2, 0) is 9.59 Å². The van der Waals surface area contributed by atoms with E-state index in [4.69, 9.17) is 11.5 Å². The number of amides is 2. The van der Waals surface area contributed by atoms with Gasteiger partial charge in [-0.2, -0.15) is 0 Å². The third kappa shape index (κ3) is 2.42. The first-order chi connectivity index (χ1) is 6.15. The van der Waals surface area contributed by atoms with E-state index in [1.54, 1.807) is 0 Å². The lowest BCUT2D eigenvalue weighted by atomic mass is 10.0. The fourth-order valence-corrected chi connectivity index (χ4v) is 1.74. The molecule has 0 aromatic rings. The molecule has 74 valence electrons. The maximum atomic E-state index is 10.9. The van der Waals surface area contributed by atoms with Crippen LogP contribution in [-0.4, -0.2) is 24.4 Å².